The van der Waals surface area contributed by atoms with E-state index in [9.17, 15) is 4.79 Å². The highest BCUT2D eigenvalue weighted by atomic mass is 16.1. The van der Waals surface area contributed by atoms with Crippen LogP contribution in [0.4, 0.5) is 0 Å². The highest BCUT2D eigenvalue weighted by molar-refractivity contribution is 5.95. The zero-order valence-corrected chi connectivity index (χ0v) is 12.5. The topological polar surface area (TPSA) is 74.4 Å². The molecule has 112 valence electrons. The van der Waals surface area contributed by atoms with Crippen LogP contribution in [0.5, 0.6) is 0 Å². The summed E-state index contributed by atoms with van der Waals surface area (Å²) in [6.45, 7) is 1.96. The second kappa shape index (κ2) is 5.21. The molecule has 0 saturated carbocycles. The first-order chi connectivity index (χ1) is 11.2. The number of hydrogen-bond donors (Lipinski definition) is 2. The van der Waals surface area contributed by atoms with Crippen molar-refractivity contribution >= 4 is 10.9 Å². The molecule has 0 fully saturated rings. The van der Waals surface area contributed by atoms with E-state index in [2.05, 4.69) is 26.2 Å². The van der Waals surface area contributed by atoms with E-state index in [1.807, 2.05) is 37.3 Å². The number of H-pyrrole nitrogens is 2. The van der Waals surface area contributed by atoms with Crippen molar-refractivity contribution in [2.24, 2.45) is 0 Å². The first-order valence-electron chi connectivity index (χ1n) is 7.31. The number of aromatic nitrogens is 4. The van der Waals surface area contributed by atoms with Crippen LogP contribution in [0.15, 0.2) is 59.7 Å². The van der Waals surface area contributed by atoms with E-state index in [0.29, 0.717) is 0 Å². The van der Waals surface area contributed by atoms with E-state index in [4.69, 9.17) is 0 Å². The number of aromatic amines is 2. The fourth-order valence-electron chi connectivity index (χ4n) is 2.73. The van der Waals surface area contributed by atoms with Gasteiger partial charge in [-0.3, -0.25) is 14.9 Å². The minimum absolute atomic E-state index is 0.111. The summed E-state index contributed by atoms with van der Waals surface area (Å²) in [7, 11) is 0. The lowest BCUT2D eigenvalue weighted by Gasteiger charge is -2.03. The molecule has 0 aliphatic rings. The summed E-state index contributed by atoms with van der Waals surface area (Å²) < 4.78 is 0. The summed E-state index contributed by atoms with van der Waals surface area (Å²) in [6.07, 6.45) is 3.44. The van der Waals surface area contributed by atoms with Crippen molar-refractivity contribution in [3.05, 3.63) is 70.9 Å². The van der Waals surface area contributed by atoms with Crippen LogP contribution in [0.2, 0.25) is 0 Å². The van der Waals surface area contributed by atoms with Crippen molar-refractivity contribution in [2.75, 3.05) is 0 Å². The molecule has 3 aromatic heterocycles. The number of nitrogens with one attached hydrogen (secondary N) is 2. The Bertz CT molecular complexity index is 1060. The van der Waals surface area contributed by atoms with Gasteiger partial charge in [-0.05, 0) is 48.4 Å². The van der Waals surface area contributed by atoms with Crippen LogP contribution in [0, 0.1) is 6.92 Å². The molecule has 4 rings (SSSR count). The van der Waals surface area contributed by atoms with Crippen molar-refractivity contribution in [2.45, 2.75) is 6.92 Å². The lowest BCUT2D eigenvalue weighted by atomic mass is 10.0. The summed E-state index contributed by atoms with van der Waals surface area (Å²) in [5.41, 5.74) is 5.57. The van der Waals surface area contributed by atoms with E-state index < -0.39 is 0 Å². The second-order valence-electron chi connectivity index (χ2n) is 5.46. The van der Waals surface area contributed by atoms with Crippen LogP contribution in [0.1, 0.15) is 5.69 Å². The smallest absolute Gasteiger partial charge is 0.248 e. The largest absolute Gasteiger partial charge is 0.329 e. The number of fused-ring (bicyclic) bond motifs is 1. The number of rotatable bonds is 2. The number of pyridine rings is 2. The molecule has 4 aromatic rings. The van der Waals surface area contributed by atoms with E-state index in [1.165, 1.54) is 0 Å². The van der Waals surface area contributed by atoms with Crippen LogP contribution in [0.3, 0.4) is 0 Å². The third-order valence-corrected chi connectivity index (χ3v) is 3.84. The molecule has 23 heavy (non-hydrogen) atoms. The average molecular weight is 302 g/mol. The molecule has 0 saturated heterocycles. The van der Waals surface area contributed by atoms with E-state index >= 15 is 0 Å². The zero-order valence-electron chi connectivity index (χ0n) is 12.5. The van der Waals surface area contributed by atoms with Gasteiger partial charge in [-0.25, -0.2) is 0 Å². The molecular weight excluding hydrogens is 288 g/mol. The van der Waals surface area contributed by atoms with Crippen molar-refractivity contribution in [3.8, 4) is 22.4 Å². The maximum Gasteiger partial charge on any atom is 0.248 e. The van der Waals surface area contributed by atoms with Gasteiger partial charge in [0.15, 0.2) is 0 Å². The molecule has 0 aliphatic heterocycles. The molecule has 1 aromatic carbocycles. The molecule has 0 bridgehead atoms. The number of hydrogen-bond acceptors (Lipinski definition) is 3. The second-order valence-corrected chi connectivity index (χ2v) is 5.46. The molecule has 0 aliphatic carbocycles. The zero-order chi connectivity index (χ0) is 15.8. The molecule has 0 atom stereocenters. The molecule has 3 heterocycles. The van der Waals surface area contributed by atoms with Gasteiger partial charge in [0.1, 0.15) is 5.69 Å². The minimum Gasteiger partial charge on any atom is -0.329 e. The monoisotopic (exact) mass is 302 g/mol. The number of aryl methyl sites for hydroxylation is 1. The minimum atomic E-state index is -0.111. The third kappa shape index (κ3) is 2.42. The molecule has 0 spiro atoms. The van der Waals surface area contributed by atoms with Crippen molar-refractivity contribution in [3.63, 3.8) is 0 Å². The van der Waals surface area contributed by atoms with Gasteiger partial charge in [-0.15, -0.1) is 0 Å². The maximum absolute atomic E-state index is 11.5. The van der Waals surface area contributed by atoms with Crippen molar-refractivity contribution in [1.82, 2.24) is 20.2 Å². The van der Waals surface area contributed by atoms with Gasteiger partial charge in [0.05, 0.1) is 5.52 Å². The van der Waals surface area contributed by atoms with Gasteiger partial charge in [0.2, 0.25) is 5.56 Å². The Kier molecular flexibility index (Phi) is 3.05. The van der Waals surface area contributed by atoms with Crippen LogP contribution in [-0.4, -0.2) is 20.2 Å². The van der Waals surface area contributed by atoms with Gasteiger partial charge in [-0.1, -0.05) is 6.07 Å². The third-order valence-electron chi connectivity index (χ3n) is 3.84. The SMILES string of the molecule is Cc1cc(-c2n[nH]c3ccc(-c4cc[nH]c(=O)c4)cc23)ccn1. The summed E-state index contributed by atoms with van der Waals surface area (Å²) in [5.74, 6) is 0. The summed E-state index contributed by atoms with van der Waals surface area (Å²) in [6, 6.07) is 13.5. The Morgan fingerprint density at radius 2 is 1.83 bits per heavy atom. The Morgan fingerprint density at radius 3 is 2.65 bits per heavy atom. The Morgan fingerprint density at radius 1 is 0.957 bits per heavy atom. The van der Waals surface area contributed by atoms with Gasteiger partial charge < -0.3 is 4.98 Å². The lowest BCUT2D eigenvalue weighted by Crippen LogP contribution is -2.01. The van der Waals surface area contributed by atoms with Crippen LogP contribution in [-0.2, 0) is 0 Å². The number of benzene rings is 1. The highest BCUT2D eigenvalue weighted by Gasteiger charge is 2.10. The maximum atomic E-state index is 11.5. The predicted octanol–water partition coefficient (Wildman–Crippen LogP) is 3.29. The fraction of sp³-hybridized carbons (Fsp3) is 0.0556. The molecule has 5 heteroatoms. The first kappa shape index (κ1) is 13.5. The van der Waals surface area contributed by atoms with E-state index in [0.717, 1.165) is 39.0 Å². The lowest BCUT2D eigenvalue weighted by molar-refractivity contribution is 1.12. The molecule has 0 radical (unpaired) electrons. The first-order valence-corrected chi connectivity index (χ1v) is 7.31. The van der Waals surface area contributed by atoms with Crippen LogP contribution >= 0.6 is 0 Å². The van der Waals surface area contributed by atoms with Crippen molar-refractivity contribution in [1.29, 1.82) is 0 Å². The standard InChI is InChI=1S/C18H14N4O/c1-11-8-14(5-6-19-11)18-15-9-12(2-3-16(15)21-22-18)13-4-7-20-17(23)10-13/h2-10H,1H3,(H,20,23)(H,21,22). The van der Waals surface area contributed by atoms with Crippen molar-refractivity contribution < 1.29 is 0 Å². The molecule has 0 amide bonds. The van der Waals surface area contributed by atoms with Crippen LogP contribution < -0.4 is 5.56 Å². The van der Waals surface area contributed by atoms with Gasteiger partial charge in [0.25, 0.3) is 0 Å². The predicted molar refractivity (Wildman–Crippen MR) is 90.1 cm³/mol. The Hall–Kier alpha value is -3.21. The fourth-order valence-corrected chi connectivity index (χ4v) is 2.73. The van der Waals surface area contributed by atoms with Gasteiger partial charge >= 0.3 is 0 Å². The average Bonchev–Trinajstić information content (AvgIpc) is 2.98. The molecule has 0 unspecified atom stereocenters. The molecular formula is C18H14N4O. The normalized spacial score (nSPS) is 11.0. The summed E-state index contributed by atoms with van der Waals surface area (Å²) in [5, 5.41) is 8.52. The molecule has 2 N–H and O–H groups in total. The highest BCUT2D eigenvalue weighted by Crippen LogP contribution is 2.30. The van der Waals surface area contributed by atoms with E-state index in [-0.39, 0.29) is 5.56 Å². The molecule has 5 nitrogen and oxygen atoms in total. The Labute approximate surface area is 132 Å². The summed E-state index contributed by atoms with van der Waals surface area (Å²) in [4.78, 5) is 18.4. The quantitative estimate of drug-likeness (QED) is 0.596. The summed E-state index contributed by atoms with van der Waals surface area (Å²) >= 11 is 0. The van der Waals surface area contributed by atoms with E-state index in [1.54, 1.807) is 18.5 Å². The Balaban J connectivity index is 1.91. The van der Waals surface area contributed by atoms with Gasteiger partial charge in [0, 0.05) is 35.1 Å². The number of nitrogens with zero attached hydrogens (tertiary/aromatic N) is 2. The van der Waals surface area contributed by atoms with Crippen LogP contribution in [0.25, 0.3) is 33.3 Å². The van der Waals surface area contributed by atoms with Gasteiger partial charge in [-0.2, -0.15) is 5.10 Å².